The molecule has 1 rings (SSSR count). The van der Waals surface area contributed by atoms with E-state index in [4.69, 9.17) is 0 Å². The van der Waals surface area contributed by atoms with Crippen LogP contribution in [0.2, 0.25) is 0 Å². The van der Waals surface area contributed by atoms with Crippen LogP contribution in [0.15, 0.2) is 0 Å². The van der Waals surface area contributed by atoms with Crippen LogP contribution in [-0.2, 0) is 4.79 Å². The first-order chi connectivity index (χ1) is 6.61. The van der Waals surface area contributed by atoms with Crippen LogP contribution < -0.4 is 10.6 Å². The zero-order chi connectivity index (χ0) is 10.6. The molecule has 1 aliphatic rings. The number of carbonyl (C=O) groups is 1. The van der Waals surface area contributed by atoms with Gasteiger partial charge in [-0.05, 0) is 0 Å². The van der Waals surface area contributed by atoms with Crippen molar-refractivity contribution in [2.75, 3.05) is 33.2 Å². The average molecular weight is 207 g/mol. The molecule has 1 saturated heterocycles. The molecule has 0 radical (unpaired) electrons. The second kappa shape index (κ2) is 5.21. The lowest BCUT2D eigenvalue weighted by Crippen LogP contribution is -2.56. The van der Waals surface area contributed by atoms with Crippen molar-refractivity contribution in [1.82, 2.24) is 15.5 Å². The average Bonchev–Trinajstić information content (AvgIpc) is 2.17. The molecule has 4 nitrogen and oxygen atoms in total. The number of hydrogen-bond donors (Lipinski definition) is 2. The molecule has 2 N–H and O–H groups in total. The summed E-state index contributed by atoms with van der Waals surface area (Å²) in [5.41, 5.74) is 0. The number of hydrogen-bond acceptors (Lipinski definition) is 3. The maximum atomic E-state index is 12.0. The number of halogens is 2. The van der Waals surface area contributed by atoms with Gasteiger partial charge in [-0.15, -0.1) is 0 Å². The lowest BCUT2D eigenvalue weighted by atomic mass is 10.2. The number of carbonyl (C=O) groups excluding carboxylic acids is 1. The van der Waals surface area contributed by atoms with Crippen molar-refractivity contribution in [2.45, 2.75) is 12.5 Å². The van der Waals surface area contributed by atoms with Crippen LogP contribution in [0.3, 0.4) is 0 Å². The second-order valence-electron chi connectivity index (χ2n) is 3.32. The molecule has 0 spiro atoms. The Balaban J connectivity index is 2.38. The van der Waals surface area contributed by atoms with Crippen LogP contribution in [0.5, 0.6) is 0 Å². The standard InChI is InChI=1S/C8H15F2N3O/c1-13(5-7(9)10)8(14)6-4-11-2-3-12-6/h6-7,11-12H,2-5H2,1H3. The molecule has 0 aromatic heterocycles. The number of rotatable bonds is 3. The van der Waals surface area contributed by atoms with Gasteiger partial charge >= 0.3 is 0 Å². The highest BCUT2D eigenvalue weighted by atomic mass is 19.3. The van der Waals surface area contributed by atoms with E-state index < -0.39 is 13.0 Å². The van der Waals surface area contributed by atoms with Gasteiger partial charge in [0.2, 0.25) is 5.91 Å². The second-order valence-corrected chi connectivity index (χ2v) is 3.32. The Hall–Kier alpha value is -0.750. The van der Waals surface area contributed by atoms with E-state index in [9.17, 15) is 13.6 Å². The van der Waals surface area contributed by atoms with Crippen molar-refractivity contribution < 1.29 is 13.6 Å². The predicted octanol–water partition coefficient (Wildman–Crippen LogP) is -0.729. The molecule has 14 heavy (non-hydrogen) atoms. The van der Waals surface area contributed by atoms with E-state index >= 15 is 0 Å². The molecule has 0 bridgehead atoms. The fraction of sp³-hybridized carbons (Fsp3) is 0.875. The fourth-order valence-corrected chi connectivity index (χ4v) is 1.39. The van der Waals surface area contributed by atoms with Gasteiger partial charge in [0.15, 0.2) is 0 Å². The Labute approximate surface area is 81.6 Å². The number of alkyl halides is 2. The molecule has 1 heterocycles. The minimum Gasteiger partial charge on any atom is -0.339 e. The fourth-order valence-electron chi connectivity index (χ4n) is 1.39. The van der Waals surface area contributed by atoms with Gasteiger partial charge in [0, 0.05) is 26.7 Å². The highest BCUT2D eigenvalue weighted by molar-refractivity contribution is 5.82. The van der Waals surface area contributed by atoms with Gasteiger partial charge in [0.1, 0.15) is 0 Å². The number of nitrogens with zero attached hydrogens (tertiary/aromatic N) is 1. The van der Waals surface area contributed by atoms with E-state index in [2.05, 4.69) is 10.6 Å². The van der Waals surface area contributed by atoms with Crippen LogP contribution in [-0.4, -0.2) is 56.5 Å². The Morgan fingerprint density at radius 3 is 2.79 bits per heavy atom. The van der Waals surface area contributed by atoms with Gasteiger partial charge in [-0.1, -0.05) is 0 Å². The smallest absolute Gasteiger partial charge is 0.255 e. The maximum absolute atomic E-state index is 12.0. The van der Waals surface area contributed by atoms with E-state index in [0.717, 1.165) is 11.4 Å². The third-order valence-corrected chi connectivity index (χ3v) is 2.13. The first-order valence-electron chi connectivity index (χ1n) is 4.58. The molecule has 1 aliphatic heterocycles. The molecular formula is C8H15F2N3O. The summed E-state index contributed by atoms with van der Waals surface area (Å²) >= 11 is 0. The van der Waals surface area contributed by atoms with Crippen LogP contribution in [0, 0.1) is 0 Å². The van der Waals surface area contributed by atoms with E-state index in [1.807, 2.05) is 0 Å². The molecule has 0 aromatic rings. The summed E-state index contributed by atoms with van der Waals surface area (Å²) in [7, 11) is 1.39. The van der Waals surface area contributed by atoms with Crippen LogP contribution in [0.1, 0.15) is 0 Å². The van der Waals surface area contributed by atoms with Crippen molar-refractivity contribution in [1.29, 1.82) is 0 Å². The number of likely N-dealkylation sites (N-methyl/N-ethyl adjacent to an activating group) is 1. The molecule has 0 aromatic carbocycles. The Morgan fingerprint density at radius 1 is 1.57 bits per heavy atom. The molecule has 0 aliphatic carbocycles. The van der Waals surface area contributed by atoms with Gasteiger partial charge < -0.3 is 15.5 Å². The molecule has 1 atom stereocenters. The lowest BCUT2D eigenvalue weighted by molar-refractivity contribution is -0.134. The molecule has 6 heteroatoms. The SMILES string of the molecule is CN(CC(F)F)C(=O)C1CNCCN1. The third-order valence-electron chi connectivity index (χ3n) is 2.13. The summed E-state index contributed by atoms with van der Waals surface area (Å²) in [6.45, 7) is 1.50. The minimum atomic E-state index is -2.47. The van der Waals surface area contributed by atoms with Crippen LogP contribution in [0.25, 0.3) is 0 Å². The molecule has 1 amide bonds. The van der Waals surface area contributed by atoms with Crippen molar-refractivity contribution in [2.24, 2.45) is 0 Å². The zero-order valence-electron chi connectivity index (χ0n) is 8.09. The van der Waals surface area contributed by atoms with Gasteiger partial charge in [0.25, 0.3) is 6.43 Å². The summed E-state index contributed by atoms with van der Waals surface area (Å²) < 4.78 is 24.0. The van der Waals surface area contributed by atoms with Gasteiger partial charge in [-0.2, -0.15) is 0 Å². The minimum absolute atomic E-state index is 0.280. The van der Waals surface area contributed by atoms with Crippen molar-refractivity contribution in [3.63, 3.8) is 0 Å². The first-order valence-corrected chi connectivity index (χ1v) is 4.58. The third kappa shape index (κ3) is 3.19. The molecule has 1 unspecified atom stereocenters. The largest absolute Gasteiger partial charge is 0.339 e. The number of nitrogens with one attached hydrogen (secondary N) is 2. The van der Waals surface area contributed by atoms with E-state index in [1.165, 1.54) is 7.05 Å². The molecular weight excluding hydrogens is 192 g/mol. The summed E-state index contributed by atoms with van der Waals surface area (Å²) in [5, 5.41) is 6.00. The quantitative estimate of drug-likeness (QED) is 0.641. The summed E-state index contributed by atoms with van der Waals surface area (Å²) in [4.78, 5) is 12.6. The summed E-state index contributed by atoms with van der Waals surface area (Å²) in [6, 6.07) is -0.368. The van der Waals surface area contributed by atoms with Crippen molar-refractivity contribution >= 4 is 5.91 Å². The number of amides is 1. The number of piperazine rings is 1. The van der Waals surface area contributed by atoms with Gasteiger partial charge in [0.05, 0.1) is 12.6 Å². The maximum Gasteiger partial charge on any atom is 0.255 e. The first kappa shape index (κ1) is 11.3. The van der Waals surface area contributed by atoms with E-state index in [1.54, 1.807) is 0 Å². The molecule has 82 valence electrons. The van der Waals surface area contributed by atoms with Crippen LogP contribution >= 0.6 is 0 Å². The summed E-state index contributed by atoms with van der Waals surface area (Å²) in [5.74, 6) is -0.280. The zero-order valence-corrected chi connectivity index (χ0v) is 8.09. The molecule has 1 fully saturated rings. The Kier molecular flexibility index (Phi) is 4.21. The monoisotopic (exact) mass is 207 g/mol. The van der Waals surface area contributed by atoms with E-state index in [-0.39, 0.29) is 11.9 Å². The topological polar surface area (TPSA) is 44.4 Å². The van der Waals surface area contributed by atoms with Crippen LogP contribution in [0.4, 0.5) is 8.78 Å². The van der Waals surface area contributed by atoms with Crippen molar-refractivity contribution in [3.8, 4) is 0 Å². The van der Waals surface area contributed by atoms with Gasteiger partial charge in [-0.3, -0.25) is 4.79 Å². The predicted molar refractivity (Wildman–Crippen MR) is 48.3 cm³/mol. The normalized spacial score (nSPS) is 22.4. The summed E-state index contributed by atoms with van der Waals surface area (Å²) in [6.07, 6.45) is -2.47. The van der Waals surface area contributed by atoms with Gasteiger partial charge in [-0.25, -0.2) is 8.78 Å². The Morgan fingerprint density at radius 2 is 2.29 bits per heavy atom. The lowest BCUT2D eigenvalue weighted by Gasteiger charge is -2.27. The van der Waals surface area contributed by atoms with Crippen molar-refractivity contribution in [3.05, 3.63) is 0 Å². The molecule has 0 saturated carbocycles. The Bertz CT molecular complexity index is 195. The highest BCUT2D eigenvalue weighted by Crippen LogP contribution is 1.99. The van der Waals surface area contributed by atoms with E-state index in [0.29, 0.717) is 13.1 Å². The highest BCUT2D eigenvalue weighted by Gasteiger charge is 2.24.